The van der Waals surface area contributed by atoms with Gasteiger partial charge in [0.25, 0.3) is 5.79 Å². The number of carboxylic acid groups (broad SMARTS) is 1. The maximum atomic E-state index is 14.0. The van der Waals surface area contributed by atoms with Crippen LogP contribution in [-0.4, -0.2) is 186 Å². The van der Waals surface area contributed by atoms with E-state index in [1.54, 1.807) is 30.3 Å². The van der Waals surface area contributed by atoms with Crippen LogP contribution in [0.5, 0.6) is 0 Å². The molecule has 21 heteroatoms. The predicted molar refractivity (Wildman–Crippen MR) is 155 cm³/mol. The van der Waals surface area contributed by atoms with Crippen LogP contribution in [0.25, 0.3) is 0 Å². The molecule has 1 amide bonds. The molecular weight excluding hydrogens is 685 g/mol. The van der Waals surface area contributed by atoms with Crippen molar-refractivity contribution < 1.29 is 98.6 Å². The summed E-state index contributed by atoms with van der Waals surface area (Å²) in [6.45, 7) is -3.31. The fraction of sp³-hybridized carbons (Fsp3) is 0.724. The Kier molecular flexibility index (Phi) is 13.8. The van der Waals surface area contributed by atoms with Crippen LogP contribution < -0.4 is 5.32 Å². The fourth-order valence-electron chi connectivity index (χ4n) is 5.80. The second-order valence-corrected chi connectivity index (χ2v) is 12.0. The van der Waals surface area contributed by atoms with Crippen molar-refractivity contribution in [3.63, 3.8) is 0 Å². The molecule has 16 atom stereocenters. The van der Waals surface area contributed by atoms with Crippen LogP contribution in [-0.2, 0) is 39.8 Å². The first kappa shape index (κ1) is 40.1. The van der Waals surface area contributed by atoms with Crippen molar-refractivity contribution in [3.8, 4) is 0 Å². The van der Waals surface area contributed by atoms with E-state index in [9.17, 15) is 70.2 Å². The summed E-state index contributed by atoms with van der Waals surface area (Å²) in [6, 6.07) is 6.65. The van der Waals surface area contributed by atoms with Crippen LogP contribution in [0.3, 0.4) is 0 Å². The third-order valence-electron chi connectivity index (χ3n) is 8.56. The number of halogens is 1. The minimum atomic E-state index is -3.11. The van der Waals surface area contributed by atoms with Crippen molar-refractivity contribution in [2.75, 3.05) is 19.8 Å². The summed E-state index contributed by atoms with van der Waals surface area (Å²) >= 11 is 0. The van der Waals surface area contributed by atoms with Gasteiger partial charge >= 0.3 is 12.1 Å². The maximum absolute atomic E-state index is 14.0. The van der Waals surface area contributed by atoms with E-state index in [2.05, 4.69) is 5.32 Å². The lowest BCUT2D eigenvalue weighted by Gasteiger charge is -2.50. The molecule has 1 aromatic carbocycles. The number of aliphatic hydroxyl groups is 10. The third kappa shape index (κ3) is 8.66. The number of aliphatic hydroxyl groups excluding tert-OH is 10. The standard InChI is InChI=1S/C29H42FNO19/c30-25-20(40)19(39)22(15(9-34)46-25)48-26-21(41)24(18(38)14(8-33)47-26)50-29(27(42)43)6-12(35)16(23(49-29)17(37)13(36)7-32)31-28(44)45-10-11-4-2-1-3-5-11/h1-5,12-26,32-41H,6-10H2,(H,31,44)(H,42,43)/t12-,13+,14+,15+,16+,17+,18-,19+,20+,21+,22+,23+,24-,25-,26-,29-/m0/s1. The average molecular weight is 728 g/mol. The minimum absolute atomic E-state index is 0.240. The molecule has 4 rings (SSSR count). The molecule has 0 aromatic heterocycles. The molecule has 3 aliphatic heterocycles. The molecule has 3 fully saturated rings. The van der Waals surface area contributed by atoms with E-state index in [1.807, 2.05) is 0 Å². The first-order valence-electron chi connectivity index (χ1n) is 15.4. The number of carboxylic acids is 1. The van der Waals surface area contributed by atoms with Gasteiger partial charge in [-0.25, -0.2) is 14.0 Å². The van der Waals surface area contributed by atoms with Crippen LogP contribution >= 0.6 is 0 Å². The Labute approximate surface area is 282 Å². The molecule has 0 bridgehead atoms. The Morgan fingerprint density at radius 2 is 1.58 bits per heavy atom. The number of benzene rings is 1. The Bertz CT molecular complexity index is 1250. The van der Waals surface area contributed by atoms with Gasteiger partial charge in [0, 0.05) is 6.42 Å². The maximum Gasteiger partial charge on any atom is 0.407 e. The molecule has 50 heavy (non-hydrogen) atoms. The van der Waals surface area contributed by atoms with E-state index >= 15 is 0 Å². The summed E-state index contributed by atoms with van der Waals surface area (Å²) in [4.78, 5) is 25.4. The lowest BCUT2D eigenvalue weighted by Crippen LogP contribution is -2.71. The van der Waals surface area contributed by atoms with Crippen LogP contribution in [0.4, 0.5) is 9.18 Å². The zero-order chi connectivity index (χ0) is 36.9. The molecule has 284 valence electrons. The van der Waals surface area contributed by atoms with E-state index in [4.69, 9.17) is 28.4 Å². The SMILES string of the molecule is O=C(N[C@H]1[C@H]([C@H](O)[C@H](O)CO)O[C@@](O[C@H]2[C@@H](O)[C@@H](CO)O[C@@H](O[C@H]3[C@H](O)[C@@H](O)[C@@H](F)O[C@@H]3CO)[C@@H]2O)(C(=O)O)C[C@@H]1O)OCc1ccccc1. The Morgan fingerprint density at radius 3 is 2.18 bits per heavy atom. The van der Waals surface area contributed by atoms with Gasteiger partial charge in [-0.05, 0) is 5.56 Å². The largest absolute Gasteiger partial charge is 0.477 e. The second-order valence-electron chi connectivity index (χ2n) is 12.0. The van der Waals surface area contributed by atoms with Crippen molar-refractivity contribution in [1.82, 2.24) is 5.32 Å². The van der Waals surface area contributed by atoms with Crippen molar-refractivity contribution in [2.45, 2.75) is 111 Å². The van der Waals surface area contributed by atoms with Crippen LogP contribution in [0, 0.1) is 0 Å². The molecule has 0 aliphatic carbocycles. The lowest BCUT2D eigenvalue weighted by molar-refractivity contribution is -0.383. The molecule has 12 N–H and O–H groups in total. The number of rotatable bonds is 13. The van der Waals surface area contributed by atoms with Gasteiger partial charge in [0.1, 0.15) is 73.8 Å². The summed E-state index contributed by atoms with van der Waals surface area (Å²) in [6.07, 6.45) is -31.0. The number of aliphatic carboxylic acids is 1. The predicted octanol–water partition coefficient (Wildman–Crippen LogP) is -5.46. The zero-order valence-electron chi connectivity index (χ0n) is 26.1. The number of hydrogen-bond acceptors (Lipinski definition) is 18. The number of nitrogens with one attached hydrogen (secondary N) is 1. The summed E-state index contributed by atoms with van der Waals surface area (Å²) in [7, 11) is 0. The van der Waals surface area contributed by atoms with Gasteiger partial charge in [-0.15, -0.1) is 0 Å². The highest BCUT2D eigenvalue weighted by Gasteiger charge is 2.60. The summed E-state index contributed by atoms with van der Waals surface area (Å²) < 4.78 is 45.9. The van der Waals surface area contributed by atoms with Crippen LogP contribution in [0.2, 0.25) is 0 Å². The molecule has 3 heterocycles. The molecule has 20 nitrogen and oxygen atoms in total. The number of amides is 1. The van der Waals surface area contributed by atoms with Gasteiger partial charge in [0.2, 0.25) is 6.36 Å². The Balaban J connectivity index is 1.59. The topological polar surface area (TPSA) is 324 Å². The molecule has 0 unspecified atom stereocenters. The molecule has 0 saturated carbocycles. The van der Waals surface area contributed by atoms with E-state index in [0.717, 1.165) is 0 Å². The fourth-order valence-corrected chi connectivity index (χ4v) is 5.80. The molecule has 0 spiro atoms. The molecule has 3 saturated heterocycles. The Morgan fingerprint density at radius 1 is 0.920 bits per heavy atom. The number of alkyl carbamates (subject to hydrolysis) is 1. The summed E-state index contributed by atoms with van der Waals surface area (Å²) in [5.74, 6) is -5.13. The van der Waals surface area contributed by atoms with Crippen molar-refractivity contribution in [1.29, 1.82) is 0 Å². The van der Waals surface area contributed by atoms with Gasteiger partial charge in [0.05, 0.1) is 32.0 Å². The van der Waals surface area contributed by atoms with Gasteiger partial charge in [-0.1, -0.05) is 30.3 Å². The highest BCUT2D eigenvalue weighted by atomic mass is 19.1. The normalized spacial score (nSPS) is 40.4. The van der Waals surface area contributed by atoms with Gasteiger partial charge in [-0.3, -0.25) is 0 Å². The molecule has 3 aliphatic rings. The number of carbonyl (C=O) groups is 2. The van der Waals surface area contributed by atoms with Gasteiger partial charge < -0.3 is 89.9 Å². The van der Waals surface area contributed by atoms with Crippen molar-refractivity contribution in [2.24, 2.45) is 0 Å². The number of carbonyl (C=O) groups excluding carboxylic acids is 1. The van der Waals surface area contributed by atoms with Gasteiger partial charge in [-0.2, -0.15) is 0 Å². The third-order valence-corrected chi connectivity index (χ3v) is 8.56. The minimum Gasteiger partial charge on any atom is -0.477 e. The number of alkyl halides is 1. The highest BCUT2D eigenvalue weighted by molar-refractivity contribution is 5.76. The monoisotopic (exact) mass is 727 g/mol. The number of hydrogen-bond donors (Lipinski definition) is 12. The van der Waals surface area contributed by atoms with Crippen molar-refractivity contribution in [3.05, 3.63) is 35.9 Å². The van der Waals surface area contributed by atoms with E-state index in [0.29, 0.717) is 5.56 Å². The van der Waals surface area contributed by atoms with Crippen molar-refractivity contribution >= 4 is 12.1 Å². The second kappa shape index (κ2) is 17.2. The number of ether oxygens (including phenoxy) is 6. The first-order valence-corrected chi connectivity index (χ1v) is 15.4. The van der Waals surface area contributed by atoms with Gasteiger partial charge in [0.15, 0.2) is 6.29 Å². The quantitative estimate of drug-likeness (QED) is 0.0902. The Hall–Kier alpha value is -2.71. The molecule has 1 aromatic rings. The van der Waals surface area contributed by atoms with Crippen LogP contribution in [0.15, 0.2) is 30.3 Å². The summed E-state index contributed by atoms with van der Waals surface area (Å²) in [5.41, 5.74) is 0.575. The van der Waals surface area contributed by atoms with Crippen LogP contribution in [0.1, 0.15) is 12.0 Å². The van der Waals surface area contributed by atoms with E-state index in [1.165, 1.54) is 0 Å². The van der Waals surface area contributed by atoms with E-state index < -0.39 is 136 Å². The average Bonchev–Trinajstić information content (AvgIpc) is 3.10. The summed E-state index contributed by atoms with van der Waals surface area (Å²) in [5, 5.41) is 116. The lowest BCUT2D eigenvalue weighted by atomic mass is 9.88. The van der Waals surface area contributed by atoms with E-state index in [-0.39, 0.29) is 6.61 Å². The molecular formula is C29H42FNO19. The smallest absolute Gasteiger partial charge is 0.407 e. The zero-order valence-corrected chi connectivity index (χ0v) is 26.1. The highest BCUT2D eigenvalue weighted by Crippen LogP contribution is 2.38. The molecule has 0 radical (unpaired) electrons. The first-order chi connectivity index (χ1) is 23.7.